The van der Waals surface area contributed by atoms with Gasteiger partial charge >= 0.3 is 5.97 Å². The SMILES string of the molecule is CCC(CC)(NS(=O)(=O)c1cc(C)ccc1F)C(=O)O. The lowest BCUT2D eigenvalue weighted by molar-refractivity contribution is -0.144. The van der Waals surface area contributed by atoms with Crippen molar-refractivity contribution < 1.29 is 22.7 Å². The molecule has 1 aromatic carbocycles. The van der Waals surface area contributed by atoms with Gasteiger partial charge in [0.15, 0.2) is 0 Å². The summed E-state index contributed by atoms with van der Waals surface area (Å²) in [7, 11) is -4.25. The van der Waals surface area contributed by atoms with Crippen molar-refractivity contribution in [1.82, 2.24) is 4.72 Å². The summed E-state index contributed by atoms with van der Waals surface area (Å²) in [6.07, 6.45) is 0.122. The number of hydrogen-bond acceptors (Lipinski definition) is 3. The van der Waals surface area contributed by atoms with Crippen LogP contribution in [0.2, 0.25) is 0 Å². The molecular formula is C13H18FNO4S. The molecule has 0 bridgehead atoms. The number of aryl methyl sites for hydroxylation is 1. The van der Waals surface area contributed by atoms with Crippen LogP contribution in [0, 0.1) is 12.7 Å². The molecule has 7 heteroatoms. The summed E-state index contributed by atoms with van der Waals surface area (Å²) in [6, 6.07) is 3.66. The van der Waals surface area contributed by atoms with E-state index in [0.717, 1.165) is 6.07 Å². The van der Waals surface area contributed by atoms with Gasteiger partial charge in [-0.15, -0.1) is 0 Å². The predicted octanol–water partition coefficient (Wildman–Crippen LogP) is 2.06. The number of hydrogen-bond donors (Lipinski definition) is 2. The first kappa shape index (κ1) is 16.6. The quantitative estimate of drug-likeness (QED) is 0.842. The van der Waals surface area contributed by atoms with Crippen LogP contribution >= 0.6 is 0 Å². The van der Waals surface area contributed by atoms with Gasteiger partial charge in [0.25, 0.3) is 0 Å². The Morgan fingerprint density at radius 2 is 1.90 bits per heavy atom. The van der Waals surface area contributed by atoms with Gasteiger partial charge in [0.05, 0.1) is 0 Å². The van der Waals surface area contributed by atoms with Crippen molar-refractivity contribution in [3.63, 3.8) is 0 Å². The third kappa shape index (κ3) is 3.16. The highest BCUT2D eigenvalue weighted by Crippen LogP contribution is 2.22. The van der Waals surface area contributed by atoms with Crippen LogP contribution in [-0.4, -0.2) is 25.0 Å². The van der Waals surface area contributed by atoms with Gasteiger partial charge in [-0.3, -0.25) is 4.79 Å². The molecule has 0 aliphatic carbocycles. The first-order valence-electron chi connectivity index (χ1n) is 6.22. The van der Waals surface area contributed by atoms with Crippen LogP contribution in [0.1, 0.15) is 32.3 Å². The summed E-state index contributed by atoms with van der Waals surface area (Å²) < 4.78 is 40.3. The normalized spacial score (nSPS) is 12.4. The van der Waals surface area contributed by atoms with E-state index in [1.54, 1.807) is 20.8 Å². The van der Waals surface area contributed by atoms with E-state index in [4.69, 9.17) is 0 Å². The molecule has 0 amide bonds. The molecule has 0 fully saturated rings. The molecule has 0 aliphatic heterocycles. The zero-order valence-corrected chi connectivity index (χ0v) is 12.4. The van der Waals surface area contributed by atoms with Crippen LogP contribution in [0.4, 0.5) is 4.39 Å². The second kappa shape index (κ2) is 5.88. The number of benzene rings is 1. The van der Waals surface area contributed by atoms with Crippen LogP contribution in [0.3, 0.4) is 0 Å². The van der Waals surface area contributed by atoms with Crippen LogP contribution in [-0.2, 0) is 14.8 Å². The molecule has 0 unspecified atom stereocenters. The van der Waals surface area contributed by atoms with E-state index in [9.17, 15) is 22.7 Å². The summed E-state index contributed by atoms with van der Waals surface area (Å²) in [5.74, 6) is -2.19. The molecule has 1 rings (SSSR count). The van der Waals surface area contributed by atoms with E-state index < -0.39 is 32.2 Å². The number of nitrogens with one attached hydrogen (secondary N) is 1. The Labute approximate surface area is 117 Å². The number of carboxylic acids is 1. The second-order valence-electron chi connectivity index (χ2n) is 4.63. The monoisotopic (exact) mass is 303 g/mol. The van der Waals surface area contributed by atoms with Crippen molar-refractivity contribution in [3.05, 3.63) is 29.6 Å². The minimum absolute atomic E-state index is 0.0610. The number of halogens is 1. The summed E-state index contributed by atoms with van der Waals surface area (Å²) >= 11 is 0. The Morgan fingerprint density at radius 3 is 2.35 bits per heavy atom. The van der Waals surface area contributed by atoms with Crippen molar-refractivity contribution in [2.24, 2.45) is 0 Å². The van der Waals surface area contributed by atoms with E-state index in [-0.39, 0.29) is 12.8 Å². The lowest BCUT2D eigenvalue weighted by Crippen LogP contribution is -2.53. The molecule has 0 saturated heterocycles. The molecule has 0 saturated carbocycles. The van der Waals surface area contributed by atoms with Gasteiger partial charge in [-0.1, -0.05) is 19.9 Å². The fourth-order valence-corrected chi connectivity index (χ4v) is 3.54. The minimum Gasteiger partial charge on any atom is -0.480 e. The molecular weight excluding hydrogens is 285 g/mol. The summed E-state index contributed by atoms with van der Waals surface area (Å²) in [5, 5.41) is 9.24. The highest BCUT2D eigenvalue weighted by atomic mass is 32.2. The highest BCUT2D eigenvalue weighted by Gasteiger charge is 2.40. The Bertz CT molecular complexity index is 609. The van der Waals surface area contributed by atoms with Crippen molar-refractivity contribution in [2.75, 3.05) is 0 Å². The van der Waals surface area contributed by atoms with Gasteiger partial charge in [-0.2, -0.15) is 4.72 Å². The Balaban J connectivity index is 3.30. The molecule has 0 aromatic heterocycles. The van der Waals surface area contributed by atoms with Crippen LogP contribution < -0.4 is 4.72 Å². The van der Waals surface area contributed by atoms with E-state index >= 15 is 0 Å². The van der Waals surface area contributed by atoms with Gasteiger partial charge in [0.1, 0.15) is 16.3 Å². The number of sulfonamides is 1. The van der Waals surface area contributed by atoms with E-state index in [2.05, 4.69) is 4.72 Å². The number of carbonyl (C=O) groups is 1. The maximum absolute atomic E-state index is 13.7. The number of carboxylic acid groups (broad SMARTS) is 1. The Hall–Kier alpha value is -1.47. The van der Waals surface area contributed by atoms with Gasteiger partial charge in [-0.25, -0.2) is 12.8 Å². The summed E-state index contributed by atoms with van der Waals surface area (Å²) in [4.78, 5) is 10.8. The largest absolute Gasteiger partial charge is 0.480 e. The summed E-state index contributed by atoms with van der Waals surface area (Å²) in [6.45, 7) is 4.75. The van der Waals surface area contributed by atoms with Crippen molar-refractivity contribution >= 4 is 16.0 Å². The molecule has 0 spiro atoms. The van der Waals surface area contributed by atoms with Crippen LogP contribution in [0.5, 0.6) is 0 Å². The summed E-state index contributed by atoms with van der Waals surface area (Å²) in [5.41, 5.74) is -1.06. The van der Waals surface area contributed by atoms with Gasteiger partial charge < -0.3 is 5.11 Å². The molecule has 112 valence electrons. The van der Waals surface area contributed by atoms with Gasteiger partial charge in [0, 0.05) is 0 Å². The second-order valence-corrected chi connectivity index (χ2v) is 6.28. The van der Waals surface area contributed by atoms with E-state index in [1.807, 2.05) is 0 Å². The zero-order valence-electron chi connectivity index (χ0n) is 11.6. The third-order valence-electron chi connectivity index (χ3n) is 3.32. The Morgan fingerprint density at radius 1 is 1.35 bits per heavy atom. The smallest absolute Gasteiger partial charge is 0.324 e. The van der Waals surface area contributed by atoms with Crippen LogP contribution in [0.25, 0.3) is 0 Å². The lowest BCUT2D eigenvalue weighted by atomic mass is 9.95. The first-order chi connectivity index (χ1) is 9.18. The zero-order chi connectivity index (χ0) is 15.6. The van der Waals surface area contributed by atoms with E-state index in [1.165, 1.54) is 12.1 Å². The maximum Gasteiger partial charge on any atom is 0.324 e. The van der Waals surface area contributed by atoms with Crippen molar-refractivity contribution in [2.45, 2.75) is 44.0 Å². The molecule has 0 heterocycles. The van der Waals surface area contributed by atoms with Gasteiger partial charge in [0.2, 0.25) is 10.0 Å². The van der Waals surface area contributed by atoms with Gasteiger partial charge in [-0.05, 0) is 37.5 Å². The number of rotatable bonds is 6. The average molecular weight is 303 g/mol. The third-order valence-corrected chi connectivity index (χ3v) is 4.87. The average Bonchev–Trinajstić information content (AvgIpc) is 2.38. The van der Waals surface area contributed by atoms with Crippen molar-refractivity contribution in [3.8, 4) is 0 Å². The van der Waals surface area contributed by atoms with Crippen LogP contribution in [0.15, 0.2) is 23.1 Å². The molecule has 0 atom stereocenters. The topological polar surface area (TPSA) is 83.5 Å². The molecule has 20 heavy (non-hydrogen) atoms. The Kier molecular flexibility index (Phi) is 4.88. The van der Waals surface area contributed by atoms with E-state index in [0.29, 0.717) is 5.56 Å². The fourth-order valence-electron chi connectivity index (χ4n) is 1.87. The standard InChI is InChI=1S/C13H18FNO4S/c1-4-13(5-2,12(16)17)15-20(18,19)11-8-9(3)6-7-10(11)14/h6-8,15H,4-5H2,1-3H3,(H,16,17). The fraction of sp³-hybridized carbons (Fsp3) is 0.462. The highest BCUT2D eigenvalue weighted by molar-refractivity contribution is 7.89. The predicted molar refractivity (Wildman–Crippen MR) is 72.4 cm³/mol. The van der Waals surface area contributed by atoms with Crippen molar-refractivity contribution in [1.29, 1.82) is 0 Å². The molecule has 1 aromatic rings. The first-order valence-corrected chi connectivity index (χ1v) is 7.70. The number of aliphatic carboxylic acids is 1. The molecule has 0 aliphatic rings. The molecule has 2 N–H and O–H groups in total. The molecule has 5 nitrogen and oxygen atoms in total. The lowest BCUT2D eigenvalue weighted by Gasteiger charge is -2.27. The maximum atomic E-state index is 13.7. The molecule has 0 radical (unpaired) electrons. The minimum atomic E-state index is -4.25.